The van der Waals surface area contributed by atoms with Gasteiger partial charge in [0.05, 0.1) is 0 Å². The van der Waals surface area contributed by atoms with Crippen LogP contribution in [0.5, 0.6) is 0 Å². The third-order valence-electron chi connectivity index (χ3n) is 2.44. The predicted octanol–water partition coefficient (Wildman–Crippen LogP) is 2.36. The molecule has 5 nitrogen and oxygen atoms in total. The highest BCUT2D eigenvalue weighted by Gasteiger charge is 2.47. The molecule has 0 aliphatic carbocycles. The number of alkyl halides is 6. The van der Waals surface area contributed by atoms with Gasteiger partial charge in [0.1, 0.15) is 5.57 Å². The molecule has 0 saturated heterocycles. The third-order valence-corrected chi connectivity index (χ3v) is 2.44. The van der Waals surface area contributed by atoms with E-state index in [1.807, 2.05) is 0 Å². The summed E-state index contributed by atoms with van der Waals surface area (Å²) in [4.78, 5) is 33.9. The van der Waals surface area contributed by atoms with Crippen molar-refractivity contribution in [2.45, 2.75) is 45.3 Å². The predicted molar refractivity (Wildman–Crippen MR) is 63.8 cm³/mol. The fourth-order valence-corrected chi connectivity index (χ4v) is 1.32. The molecule has 0 aromatic rings. The molecule has 0 bridgehead atoms. The Hall–Kier alpha value is -2.07. The normalized spacial score (nSPS) is 13.5. The summed E-state index contributed by atoms with van der Waals surface area (Å²) in [7, 11) is 0. The van der Waals surface area contributed by atoms with Crippen molar-refractivity contribution in [3.05, 3.63) is 12.2 Å². The lowest BCUT2D eigenvalue weighted by Gasteiger charge is -2.28. The molecule has 11 heteroatoms. The summed E-state index contributed by atoms with van der Waals surface area (Å²) < 4.78 is 78.0. The largest absolute Gasteiger partial charge is 0.471 e. The van der Waals surface area contributed by atoms with Crippen LogP contribution in [0.2, 0.25) is 0 Å². The average molecular weight is 349 g/mol. The molecule has 1 atom stereocenters. The van der Waals surface area contributed by atoms with E-state index in [1.165, 1.54) is 0 Å². The minimum absolute atomic E-state index is 0.242. The number of hydrogen-bond donors (Lipinski definition) is 0. The Morgan fingerprint density at radius 2 is 1.39 bits per heavy atom. The van der Waals surface area contributed by atoms with Gasteiger partial charge in [-0.05, 0) is 20.8 Å². The van der Waals surface area contributed by atoms with Crippen LogP contribution in [-0.4, -0.2) is 47.2 Å². The quantitative estimate of drug-likeness (QED) is 0.444. The number of imide groups is 1. The number of esters is 1. The van der Waals surface area contributed by atoms with E-state index >= 15 is 0 Å². The molecule has 0 rings (SSSR count). The summed E-state index contributed by atoms with van der Waals surface area (Å²) in [6.07, 6.45) is -12.5. The van der Waals surface area contributed by atoms with Gasteiger partial charge in [0, 0.05) is 6.04 Å². The molecular weight excluding hydrogens is 336 g/mol. The highest BCUT2D eigenvalue weighted by Crippen LogP contribution is 2.26. The summed E-state index contributed by atoms with van der Waals surface area (Å²) in [5.41, 5.74) is -1.93. The molecule has 0 aliphatic rings. The van der Waals surface area contributed by atoms with Gasteiger partial charge in [-0.3, -0.25) is 14.5 Å². The van der Waals surface area contributed by atoms with Crippen molar-refractivity contribution in [2.24, 2.45) is 0 Å². The second-order valence-electron chi connectivity index (χ2n) is 4.63. The molecule has 1 unspecified atom stereocenters. The first-order valence-electron chi connectivity index (χ1n) is 6.02. The van der Waals surface area contributed by atoms with E-state index in [0.29, 0.717) is 0 Å². The van der Waals surface area contributed by atoms with Gasteiger partial charge < -0.3 is 4.74 Å². The Kier molecular flexibility index (Phi) is 6.37. The van der Waals surface area contributed by atoms with Gasteiger partial charge in [0.25, 0.3) is 5.91 Å². The molecule has 132 valence electrons. The number of nitrogens with zero attached hydrogens (tertiary/aromatic N) is 1. The van der Waals surface area contributed by atoms with Gasteiger partial charge >= 0.3 is 24.2 Å². The molecule has 0 spiro atoms. The lowest BCUT2D eigenvalue weighted by molar-refractivity contribution is -0.192. The van der Waals surface area contributed by atoms with Gasteiger partial charge in [-0.1, -0.05) is 6.58 Å². The summed E-state index contributed by atoms with van der Waals surface area (Å²) in [6.45, 7) is 5.31. The third kappa shape index (κ3) is 5.57. The fraction of sp³-hybridized carbons (Fsp3) is 0.583. The van der Waals surface area contributed by atoms with Crippen LogP contribution in [-0.2, 0) is 19.1 Å². The van der Waals surface area contributed by atoms with Crippen LogP contribution in [0, 0.1) is 0 Å². The van der Waals surface area contributed by atoms with Gasteiger partial charge in [0.15, 0.2) is 6.10 Å². The molecule has 0 aromatic carbocycles. The van der Waals surface area contributed by atoms with Crippen molar-refractivity contribution in [3.63, 3.8) is 0 Å². The second kappa shape index (κ2) is 7.01. The van der Waals surface area contributed by atoms with Crippen LogP contribution in [0.25, 0.3) is 0 Å². The lowest BCUT2D eigenvalue weighted by atomic mass is 10.2. The molecule has 0 radical (unpaired) electrons. The summed E-state index contributed by atoms with van der Waals surface area (Å²) in [6, 6.07) is -1.26. The second-order valence-corrected chi connectivity index (χ2v) is 4.63. The highest BCUT2D eigenvalue weighted by atomic mass is 19.4. The van der Waals surface area contributed by atoms with Gasteiger partial charge in [-0.25, -0.2) is 4.79 Å². The van der Waals surface area contributed by atoms with E-state index in [9.17, 15) is 40.7 Å². The Morgan fingerprint density at radius 3 is 1.70 bits per heavy atom. The molecule has 0 N–H and O–H groups in total. The summed E-state index contributed by atoms with van der Waals surface area (Å²) in [5, 5.41) is 0. The van der Waals surface area contributed by atoms with E-state index in [-0.39, 0.29) is 4.90 Å². The number of hydrogen-bond acceptors (Lipinski definition) is 4. The van der Waals surface area contributed by atoms with Gasteiger partial charge in [0.2, 0.25) is 0 Å². The van der Waals surface area contributed by atoms with E-state index in [4.69, 9.17) is 0 Å². The Morgan fingerprint density at radius 1 is 0.957 bits per heavy atom. The minimum Gasteiger partial charge on any atom is -0.449 e. The van der Waals surface area contributed by atoms with E-state index in [0.717, 1.165) is 20.8 Å². The van der Waals surface area contributed by atoms with Crippen LogP contribution >= 0.6 is 0 Å². The number of rotatable bonds is 4. The van der Waals surface area contributed by atoms with Crippen LogP contribution in [0.3, 0.4) is 0 Å². The number of ether oxygens (including phenoxy) is 1. The first kappa shape index (κ1) is 20.9. The smallest absolute Gasteiger partial charge is 0.449 e. The molecule has 23 heavy (non-hydrogen) atoms. The first-order valence-corrected chi connectivity index (χ1v) is 6.02. The lowest BCUT2D eigenvalue weighted by Crippen LogP contribution is -2.52. The van der Waals surface area contributed by atoms with Crippen LogP contribution < -0.4 is 0 Å². The van der Waals surface area contributed by atoms with Crippen molar-refractivity contribution in [1.29, 1.82) is 0 Å². The molecule has 0 aromatic heterocycles. The fourth-order valence-electron chi connectivity index (χ4n) is 1.32. The monoisotopic (exact) mass is 349 g/mol. The molecular formula is C12H13F6NO4. The number of amides is 2. The maximum Gasteiger partial charge on any atom is 0.471 e. The van der Waals surface area contributed by atoms with Crippen molar-refractivity contribution in [2.75, 3.05) is 0 Å². The van der Waals surface area contributed by atoms with Crippen molar-refractivity contribution < 1.29 is 45.5 Å². The number of carbonyl (C=O) groups is 3. The van der Waals surface area contributed by atoms with Crippen molar-refractivity contribution in [1.82, 2.24) is 4.90 Å². The summed E-state index contributed by atoms with van der Waals surface area (Å²) in [5.74, 6) is -6.15. The average Bonchev–Trinajstić information content (AvgIpc) is 2.34. The SMILES string of the molecule is C=C(C(=O)OC(C)C(=O)N(C(=O)C(F)(F)F)C(C)C)C(F)(F)F. The summed E-state index contributed by atoms with van der Waals surface area (Å²) >= 11 is 0. The van der Waals surface area contributed by atoms with Gasteiger partial charge in [-0.15, -0.1) is 0 Å². The minimum atomic E-state index is -5.38. The zero-order valence-corrected chi connectivity index (χ0v) is 12.2. The van der Waals surface area contributed by atoms with Gasteiger partial charge in [-0.2, -0.15) is 26.3 Å². The van der Waals surface area contributed by atoms with E-state index < -0.39 is 47.9 Å². The number of carbonyl (C=O) groups excluding carboxylic acids is 3. The first-order chi connectivity index (χ1) is 10.1. The van der Waals surface area contributed by atoms with E-state index in [1.54, 1.807) is 0 Å². The van der Waals surface area contributed by atoms with Crippen LogP contribution in [0.4, 0.5) is 26.3 Å². The van der Waals surface area contributed by atoms with Crippen LogP contribution in [0.1, 0.15) is 20.8 Å². The molecule has 0 fully saturated rings. The van der Waals surface area contributed by atoms with Crippen molar-refractivity contribution in [3.8, 4) is 0 Å². The van der Waals surface area contributed by atoms with Crippen molar-refractivity contribution >= 4 is 17.8 Å². The Bertz CT molecular complexity index is 509. The zero-order chi connectivity index (χ0) is 18.7. The van der Waals surface area contributed by atoms with Crippen LogP contribution in [0.15, 0.2) is 12.2 Å². The standard InChI is InChI=1S/C12H13F6NO4/c1-5(2)19(10(22)12(16,17)18)8(20)7(4)23-9(21)6(3)11(13,14)15/h5,7H,3H2,1-2,4H3. The zero-order valence-electron chi connectivity index (χ0n) is 12.2. The molecule has 0 saturated carbocycles. The maximum atomic E-state index is 12.4. The van der Waals surface area contributed by atoms with E-state index in [2.05, 4.69) is 11.3 Å². The Balaban J connectivity index is 5.22. The molecule has 2 amide bonds. The molecule has 0 heterocycles. The number of halogens is 6. The molecule has 0 aliphatic heterocycles. The Labute approximate surface area is 126 Å². The maximum absolute atomic E-state index is 12.4. The highest BCUT2D eigenvalue weighted by molar-refractivity contribution is 6.01. The topological polar surface area (TPSA) is 63.7 Å².